The second-order valence-corrected chi connectivity index (χ2v) is 6.12. The van der Waals surface area contributed by atoms with Gasteiger partial charge in [0.2, 0.25) is 0 Å². The summed E-state index contributed by atoms with van der Waals surface area (Å²) in [4.78, 5) is 24.0. The number of carbonyl (C=O) groups excluding carboxylic acids is 2. The fourth-order valence-electron chi connectivity index (χ4n) is 2.24. The van der Waals surface area contributed by atoms with Gasteiger partial charge in [0.05, 0.1) is 12.6 Å². The van der Waals surface area contributed by atoms with E-state index in [0.29, 0.717) is 5.56 Å². The first-order valence-corrected chi connectivity index (χ1v) is 7.26. The van der Waals surface area contributed by atoms with E-state index in [0.717, 1.165) is 10.9 Å². The average Bonchev–Trinajstić information content (AvgIpc) is 2.83. The molecule has 0 bridgehead atoms. The first kappa shape index (κ1) is 16.6. The highest BCUT2D eigenvalue weighted by Gasteiger charge is 2.19. The summed E-state index contributed by atoms with van der Waals surface area (Å²) in [6.45, 7) is 5.26. The molecule has 0 aliphatic carbocycles. The van der Waals surface area contributed by atoms with Gasteiger partial charge in [-0.25, -0.2) is 4.79 Å². The van der Waals surface area contributed by atoms with Crippen LogP contribution in [0.4, 0.5) is 4.79 Å². The van der Waals surface area contributed by atoms with Gasteiger partial charge < -0.3 is 14.6 Å². The third kappa shape index (κ3) is 4.10. The number of amides is 1. The molecule has 120 valence electrons. The number of fused-ring (bicyclic) bond motifs is 1. The Balaban J connectivity index is 2.16. The van der Waals surface area contributed by atoms with E-state index in [2.05, 4.69) is 11.4 Å². The van der Waals surface area contributed by atoms with Crippen molar-refractivity contribution < 1.29 is 14.3 Å². The third-order valence-electron chi connectivity index (χ3n) is 3.12. The van der Waals surface area contributed by atoms with Crippen molar-refractivity contribution in [1.82, 2.24) is 9.88 Å². The van der Waals surface area contributed by atoms with Crippen LogP contribution < -0.4 is 5.32 Å². The van der Waals surface area contributed by atoms with E-state index >= 15 is 0 Å². The molecule has 1 aromatic heterocycles. The van der Waals surface area contributed by atoms with E-state index in [4.69, 9.17) is 10.00 Å². The SMILES string of the molecule is CC(C)(C)OC(=O)NCC(=O)c1cn(CC#N)c2ccccc12. The number of benzene rings is 1. The van der Waals surface area contributed by atoms with Crippen molar-refractivity contribution in [2.24, 2.45) is 0 Å². The van der Waals surface area contributed by atoms with Crippen LogP contribution in [0.25, 0.3) is 10.9 Å². The summed E-state index contributed by atoms with van der Waals surface area (Å²) >= 11 is 0. The molecule has 2 rings (SSSR count). The van der Waals surface area contributed by atoms with Gasteiger partial charge in [-0.3, -0.25) is 4.79 Å². The number of nitriles is 1. The minimum absolute atomic E-state index is 0.157. The topological polar surface area (TPSA) is 84.1 Å². The zero-order valence-electron chi connectivity index (χ0n) is 13.4. The van der Waals surface area contributed by atoms with Gasteiger partial charge in [0.1, 0.15) is 12.1 Å². The molecule has 1 N–H and O–H groups in total. The smallest absolute Gasteiger partial charge is 0.408 e. The molecule has 0 aliphatic heterocycles. The van der Waals surface area contributed by atoms with Gasteiger partial charge in [-0.1, -0.05) is 18.2 Å². The Kier molecular flexibility index (Phi) is 4.70. The van der Waals surface area contributed by atoms with Crippen LogP contribution in [-0.2, 0) is 11.3 Å². The number of nitrogens with one attached hydrogen (secondary N) is 1. The maximum absolute atomic E-state index is 12.4. The molecule has 1 aromatic carbocycles. The zero-order chi connectivity index (χ0) is 17.0. The summed E-state index contributed by atoms with van der Waals surface area (Å²) < 4.78 is 6.82. The van der Waals surface area contributed by atoms with Crippen molar-refractivity contribution in [2.45, 2.75) is 32.9 Å². The summed E-state index contributed by atoms with van der Waals surface area (Å²) in [7, 11) is 0. The first-order chi connectivity index (χ1) is 10.8. The van der Waals surface area contributed by atoms with Crippen molar-refractivity contribution in [1.29, 1.82) is 5.26 Å². The molecule has 2 aromatic rings. The van der Waals surface area contributed by atoms with Crippen LogP contribution in [0, 0.1) is 11.3 Å². The molecule has 0 atom stereocenters. The fraction of sp³-hybridized carbons (Fsp3) is 0.353. The summed E-state index contributed by atoms with van der Waals surface area (Å²) in [5.74, 6) is -0.233. The highest BCUT2D eigenvalue weighted by Crippen LogP contribution is 2.21. The van der Waals surface area contributed by atoms with Crippen molar-refractivity contribution in [3.05, 3.63) is 36.0 Å². The van der Waals surface area contributed by atoms with Gasteiger partial charge in [0, 0.05) is 22.7 Å². The number of ether oxygens (including phenoxy) is 1. The largest absolute Gasteiger partial charge is 0.444 e. The van der Waals surface area contributed by atoms with Crippen molar-refractivity contribution in [3.63, 3.8) is 0 Å². The number of nitrogens with zero attached hydrogens (tertiary/aromatic N) is 2. The Labute approximate surface area is 134 Å². The van der Waals surface area contributed by atoms with Gasteiger partial charge in [-0.15, -0.1) is 0 Å². The number of ketones is 1. The minimum atomic E-state index is -0.633. The molecular formula is C17H19N3O3. The Morgan fingerprint density at radius 2 is 2.00 bits per heavy atom. The van der Waals surface area contributed by atoms with Crippen molar-refractivity contribution in [3.8, 4) is 6.07 Å². The second kappa shape index (κ2) is 6.53. The molecule has 0 aliphatic rings. The molecule has 6 nitrogen and oxygen atoms in total. The van der Waals surface area contributed by atoms with Crippen molar-refractivity contribution in [2.75, 3.05) is 6.54 Å². The minimum Gasteiger partial charge on any atom is -0.444 e. The van der Waals surface area contributed by atoms with E-state index in [-0.39, 0.29) is 18.9 Å². The molecule has 1 amide bonds. The maximum Gasteiger partial charge on any atom is 0.408 e. The predicted molar refractivity (Wildman–Crippen MR) is 86.1 cm³/mol. The molecule has 6 heteroatoms. The monoisotopic (exact) mass is 313 g/mol. The average molecular weight is 313 g/mol. The van der Waals surface area contributed by atoms with Crippen molar-refractivity contribution >= 4 is 22.8 Å². The Hall–Kier alpha value is -2.81. The van der Waals surface area contributed by atoms with Gasteiger partial charge >= 0.3 is 6.09 Å². The van der Waals surface area contributed by atoms with Crippen LogP contribution in [0.3, 0.4) is 0 Å². The van der Waals surface area contributed by atoms with E-state index in [1.807, 2.05) is 24.3 Å². The van der Waals surface area contributed by atoms with Crippen LogP contribution in [0.5, 0.6) is 0 Å². The normalized spacial score (nSPS) is 11.0. The van der Waals surface area contributed by atoms with Gasteiger partial charge in [-0.2, -0.15) is 5.26 Å². The van der Waals surface area contributed by atoms with Crippen LogP contribution >= 0.6 is 0 Å². The molecule has 0 saturated carbocycles. The lowest BCUT2D eigenvalue weighted by atomic mass is 10.1. The van der Waals surface area contributed by atoms with E-state index in [1.54, 1.807) is 31.5 Å². The lowest BCUT2D eigenvalue weighted by molar-refractivity contribution is 0.0520. The molecule has 0 spiro atoms. The number of aromatic nitrogens is 1. The first-order valence-electron chi connectivity index (χ1n) is 7.26. The van der Waals surface area contributed by atoms with Crippen LogP contribution in [-0.4, -0.2) is 28.6 Å². The molecule has 23 heavy (non-hydrogen) atoms. The number of hydrogen-bond donors (Lipinski definition) is 1. The maximum atomic E-state index is 12.4. The van der Waals surface area contributed by atoms with Gasteiger partial charge in [0.15, 0.2) is 5.78 Å². The summed E-state index contributed by atoms with van der Waals surface area (Å²) in [6, 6.07) is 9.42. The van der Waals surface area contributed by atoms with E-state index in [9.17, 15) is 9.59 Å². The number of para-hydroxylation sites is 1. The molecule has 0 saturated heterocycles. The van der Waals surface area contributed by atoms with Crippen LogP contribution in [0.15, 0.2) is 30.5 Å². The standard InChI is InChI=1S/C17H19N3O3/c1-17(2,3)23-16(22)19-10-15(21)13-11-20(9-8-18)14-7-5-4-6-12(13)14/h4-7,11H,9-10H2,1-3H3,(H,19,22). The number of carbonyl (C=O) groups is 2. The molecule has 1 heterocycles. The van der Waals surface area contributed by atoms with Crippen LogP contribution in [0.1, 0.15) is 31.1 Å². The predicted octanol–water partition coefficient (Wildman–Crippen LogP) is 2.87. The van der Waals surface area contributed by atoms with Gasteiger partial charge in [-0.05, 0) is 26.8 Å². The molecule has 0 radical (unpaired) electrons. The highest BCUT2D eigenvalue weighted by molar-refractivity contribution is 6.09. The summed E-state index contributed by atoms with van der Waals surface area (Å²) in [5.41, 5.74) is 0.678. The number of hydrogen-bond acceptors (Lipinski definition) is 4. The highest BCUT2D eigenvalue weighted by atomic mass is 16.6. The molecule has 0 fully saturated rings. The third-order valence-corrected chi connectivity index (χ3v) is 3.12. The second-order valence-electron chi connectivity index (χ2n) is 6.12. The molecular weight excluding hydrogens is 294 g/mol. The number of rotatable bonds is 4. The Morgan fingerprint density at radius 1 is 1.30 bits per heavy atom. The lowest BCUT2D eigenvalue weighted by Gasteiger charge is -2.19. The lowest BCUT2D eigenvalue weighted by Crippen LogP contribution is -2.35. The van der Waals surface area contributed by atoms with Gasteiger partial charge in [0.25, 0.3) is 0 Å². The Bertz CT molecular complexity index is 778. The zero-order valence-corrected chi connectivity index (χ0v) is 13.4. The number of Topliss-reactive ketones (excluding diaryl/α,β-unsaturated/α-hetero) is 1. The fourth-order valence-corrected chi connectivity index (χ4v) is 2.24. The van der Waals surface area contributed by atoms with E-state index in [1.165, 1.54) is 0 Å². The number of alkyl carbamates (subject to hydrolysis) is 1. The Morgan fingerprint density at radius 3 is 2.65 bits per heavy atom. The summed E-state index contributed by atoms with van der Waals surface area (Å²) in [6.07, 6.45) is 1.01. The molecule has 0 unspecified atom stereocenters. The van der Waals surface area contributed by atoms with E-state index < -0.39 is 11.7 Å². The summed E-state index contributed by atoms with van der Waals surface area (Å²) in [5, 5.41) is 12.1. The van der Waals surface area contributed by atoms with Crippen LogP contribution in [0.2, 0.25) is 0 Å². The quantitative estimate of drug-likeness (QED) is 0.880.